The number of carbonyl (C=O) groups is 1. The Morgan fingerprint density at radius 2 is 2.19 bits per heavy atom. The summed E-state index contributed by atoms with van der Waals surface area (Å²) in [7, 11) is 0. The number of ether oxygens (including phenoxy) is 1. The molecule has 0 bridgehead atoms. The van der Waals surface area contributed by atoms with Crippen LogP contribution >= 0.6 is 0 Å². The Balaban J connectivity index is 1.80. The SMILES string of the molecule is N#C[C@H]1COCCN1C(=O)c1ccc(-n2ccnc2)cc1. The van der Waals surface area contributed by atoms with Crippen molar-refractivity contribution in [2.75, 3.05) is 19.8 Å². The molecule has 2 aromatic rings. The second-order valence-electron chi connectivity index (χ2n) is 4.74. The number of morpholine rings is 1. The molecule has 106 valence electrons. The summed E-state index contributed by atoms with van der Waals surface area (Å²) in [5, 5.41) is 9.09. The molecule has 3 rings (SSSR count). The van der Waals surface area contributed by atoms with Gasteiger partial charge in [0.1, 0.15) is 6.04 Å². The molecule has 0 aliphatic carbocycles. The first-order valence-electron chi connectivity index (χ1n) is 6.66. The highest BCUT2D eigenvalue weighted by Crippen LogP contribution is 2.14. The lowest BCUT2D eigenvalue weighted by molar-refractivity contribution is 0.0132. The van der Waals surface area contributed by atoms with Crippen LogP contribution in [0.2, 0.25) is 0 Å². The maximum Gasteiger partial charge on any atom is 0.255 e. The Morgan fingerprint density at radius 3 is 2.86 bits per heavy atom. The van der Waals surface area contributed by atoms with Gasteiger partial charge < -0.3 is 14.2 Å². The lowest BCUT2D eigenvalue weighted by Gasteiger charge is -2.31. The topological polar surface area (TPSA) is 71.2 Å². The Labute approximate surface area is 122 Å². The summed E-state index contributed by atoms with van der Waals surface area (Å²) in [6.45, 7) is 1.19. The predicted octanol–water partition coefficient (Wildman–Crippen LogP) is 1.24. The van der Waals surface area contributed by atoms with Crippen molar-refractivity contribution in [1.82, 2.24) is 14.5 Å². The van der Waals surface area contributed by atoms with Gasteiger partial charge in [0.15, 0.2) is 0 Å². The normalized spacial score (nSPS) is 18.2. The number of aromatic nitrogens is 2. The molecule has 0 radical (unpaired) electrons. The van der Waals surface area contributed by atoms with Gasteiger partial charge in [-0.05, 0) is 24.3 Å². The van der Waals surface area contributed by atoms with E-state index in [-0.39, 0.29) is 12.5 Å². The second-order valence-corrected chi connectivity index (χ2v) is 4.74. The quantitative estimate of drug-likeness (QED) is 0.830. The van der Waals surface area contributed by atoms with Gasteiger partial charge in [-0.25, -0.2) is 4.98 Å². The van der Waals surface area contributed by atoms with Crippen LogP contribution < -0.4 is 0 Å². The molecule has 1 saturated heterocycles. The lowest BCUT2D eigenvalue weighted by atomic mass is 10.1. The van der Waals surface area contributed by atoms with Crippen molar-refractivity contribution in [2.45, 2.75) is 6.04 Å². The third-order valence-electron chi connectivity index (χ3n) is 3.46. The maximum absolute atomic E-state index is 12.5. The molecule has 1 aromatic heterocycles. The fraction of sp³-hybridized carbons (Fsp3) is 0.267. The molecular weight excluding hydrogens is 268 g/mol. The first kappa shape index (κ1) is 13.3. The van der Waals surface area contributed by atoms with Crippen LogP contribution in [0.25, 0.3) is 5.69 Å². The Morgan fingerprint density at radius 1 is 1.38 bits per heavy atom. The highest BCUT2D eigenvalue weighted by atomic mass is 16.5. The third-order valence-corrected chi connectivity index (χ3v) is 3.46. The van der Waals surface area contributed by atoms with E-state index >= 15 is 0 Å². The predicted molar refractivity (Wildman–Crippen MR) is 74.8 cm³/mol. The van der Waals surface area contributed by atoms with Gasteiger partial charge in [0, 0.05) is 30.2 Å². The molecule has 0 unspecified atom stereocenters. The number of nitriles is 1. The molecule has 1 aliphatic heterocycles. The van der Waals surface area contributed by atoms with Gasteiger partial charge in [0.2, 0.25) is 0 Å². The summed E-state index contributed by atoms with van der Waals surface area (Å²) in [6.07, 6.45) is 5.24. The zero-order valence-corrected chi connectivity index (χ0v) is 11.3. The number of hydrogen-bond donors (Lipinski definition) is 0. The standard InChI is InChI=1S/C15H14N4O2/c16-9-14-10-21-8-7-19(14)15(20)12-1-3-13(4-2-12)18-6-5-17-11-18/h1-6,11,14H,7-8,10H2/t14-/m0/s1. The highest BCUT2D eigenvalue weighted by Gasteiger charge is 2.27. The van der Waals surface area contributed by atoms with E-state index in [0.717, 1.165) is 5.69 Å². The molecule has 0 saturated carbocycles. The van der Waals surface area contributed by atoms with E-state index in [1.54, 1.807) is 29.6 Å². The van der Waals surface area contributed by atoms with Crippen LogP contribution in [0.15, 0.2) is 43.0 Å². The van der Waals surface area contributed by atoms with Crippen LogP contribution in [0.1, 0.15) is 10.4 Å². The lowest BCUT2D eigenvalue weighted by Crippen LogP contribution is -2.47. The Bertz CT molecular complexity index is 658. The van der Waals surface area contributed by atoms with E-state index in [9.17, 15) is 4.79 Å². The molecule has 21 heavy (non-hydrogen) atoms. The molecule has 1 aliphatic rings. The minimum atomic E-state index is -0.514. The first-order chi connectivity index (χ1) is 10.3. The number of rotatable bonds is 2. The van der Waals surface area contributed by atoms with Crippen LogP contribution in [-0.4, -0.2) is 46.2 Å². The molecule has 1 atom stereocenters. The van der Waals surface area contributed by atoms with Crippen LogP contribution in [0.4, 0.5) is 0 Å². The van der Waals surface area contributed by atoms with Gasteiger partial charge in [-0.3, -0.25) is 4.79 Å². The van der Waals surface area contributed by atoms with E-state index in [4.69, 9.17) is 10.00 Å². The maximum atomic E-state index is 12.5. The number of carbonyl (C=O) groups excluding carboxylic acids is 1. The number of hydrogen-bond acceptors (Lipinski definition) is 4. The van der Waals surface area contributed by atoms with Crippen LogP contribution in [0.5, 0.6) is 0 Å². The number of nitrogens with zero attached hydrogens (tertiary/aromatic N) is 4. The summed E-state index contributed by atoms with van der Waals surface area (Å²) in [4.78, 5) is 18.0. The van der Waals surface area contributed by atoms with Crippen molar-refractivity contribution >= 4 is 5.91 Å². The summed E-state index contributed by atoms with van der Waals surface area (Å²) in [5.41, 5.74) is 1.50. The molecule has 1 amide bonds. The van der Waals surface area contributed by atoms with Crippen molar-refractivity contribution < 1.29 is 9.53 Å². The first-order valence-corrected chi connectivity index (χ1v) is 6.66. The molecule has 0 N–H and O–H groups in total. The largest absolute Gasteiger partial charge is 0.376 e. The number of imidazole rings is 1. The third kappa shape index (κ3) is 2.64. The van der Waals surface area contributed by atoms with Crippen LogP contribution in [0.3, 0.4) is 0 Å². The average molecular weight is 282 g/mol. The molecule has 1 fully saturated rings. The monoisotopic (exact) mass is 282 g/mol. The van der Waals surface area contributed by atoms with Gasteiger partial charge in [-0.1, -0.05) is 0 Å². The molecule has 0 spiro atoms. The molecule has 2 heterocycles. The summed E-state index contributed by atoms with van der Waals surface area (Å²) < 4.78 is 7.09. The second kappa shape index (κ2) is 5.77. The zero-order valence-electron chi connectivity index (χ0n) is 11.3. The number of amides is 1. The van der Waals surface area contributed by atoms with E-state index in [1.807, 2.05) is 22.9 Å². The Kier molecular flexibility index (Phi) is 3.67. The minimum Gasteiger partial charge on any atom is -0.376 e. The van der Waals surface area contributed by atoms with E-state index in [0.29, 0.717) is 18.7 Å². The smallest absolute Gasteiger partial charge is 0.255 e. The fourth-order valence-corrected chi connectivity index (χ4v) is 2.31. The van der Waals surface area contributed by atoms with Crippen molar-refractivity contribution in [3.8, 4) is 11.8 Å². The average Bonchev–Trinajstić information content (AvgIpc) is 3.09. The molecule has 6 nitrogen and oxygen atoms in total. The summed E-state index contributed by atoms with van der Waals surface area (Å²) >= 11 is 0. The summed E-state index contributed by atoms with van der Waals surface area (Å²) in [6, 6.07) is 8.84. The van der Waals surface area contributed by atoms with Gasteiger partial charge in [0.25, 0.3) is 5.91 Å². The van der Waals surface area contributed by atoms with E-state index in [1.165, 1.54) is 0 Å². The Hall–Kier alpha value is -2.65. The molecule has 6 heteroatoms. The van der Waals surface area contributed by atoms with Gasteiger partial charge in [0.05, 0.1) is 25.6 Å². The minimum absolute atomic E-state index is 0.137. The van der Waals surface area contributed by atoms with Crippen LogP contribution in [0, 0.1) is 11.3 Å². The summed E-state index contributed by atoms with van der Waals surface area (Å²) in [5.74, 6) is -0.137. The molecule has 1 aromatic carbocycles. The highest BCUT2D eigenvalue weighted by molar-refractivity contribution is 5.94. The van der Waals surface area contributed by atoms with E-state index in [2.05, 4.69) is 11.1 Å². The fourth-order valence-electron chi connectivity index (χ4n) is 2.31. The van der Waals surface area contributed by atoms with Crippen molar-refractivity contribution in [1.29, 1.82) is 5.26 Å². The van der Waals surface area contributed by atoms with E-state index < -0.39 is 6.04 Å². The van der Waals surface area contributed by atoms with Gasteiger partial charge in [-0.2, -0.15) is 5.26 Å². The van der Waals surface area contributed by atoms with Gasteiger partial charge >= 0.3 is 0 Å². The van der Waals surface area contributed by atoms with Crippen LogP contribution in [-0.2, 0) is 4.74 Å². The number of benzene rings is 1. The van der Waals surface area contributed by atoms with Crippen molar-refractivity contribution in [3.63, 3.8) is 0 Å². The van der Waals surface area contributed by atoms with Crippen molar-refractivity contribution in [2.24, 2.45) is 0 Å². The zero-order chi connectivity index (χ0) is 14.7. The van der Waals surface area contributed by atoms with Crippen molar-refractivity contribution in [3.05, 3.63) is 48.5 Å². The van der Waals surface area contributed by atoms with Gasteiger partial charge in [-0.15, -0.1) is 0 Å². The molecular formula is C15H14N4O2.